The highest BCUT2D eigenvalue weighted by Crippen LogP contribution is 2.38. The van der Waals surface area contributed by atoms with Gasteiger partial charge in [0.25, 0.3) is 5.78 Å². The smallest absolute Gasteiger partial charge is 0.455 e. The number of Topliss-reactive ketones (excluding diaryl/α,β-unsaturated/α-hetero) is 1. The molecule has 0 spiro atoms. The molecule has 2 rings (SSSR count). The van der Waals surface area contributed by atoms with Gasteiger partial charge in [-0.2, -0.15) is 13.2 Å². The van der Waals surface area contributed by atoms with Gasteiger partial charge in [-0.3, -0.25) is 4.79 Å². The Morgan fingerprint density at radius 2 is 1.86 bits per heavy atom. The van der Waals surface area contributed by atoms with Crippen LogP contribution < -0.4 is 4.74 Å². The molecule has 0 fully saturated rings. The van der Waals surface area contributed by atoms with Gasteiger partial charge in [-0.25, -0.2) is 0 Å². The zero-order valence-corrected chi connectivity index (χ0v) is 13.4. The van der Waals surface area contributed by atoms with E-state index in [0.717, 1.165) is 6.42 Å². The van der Waals surface area contributed by atoms with Gasteiger partial charge >= 0.3 is 6.18 Å². The second-order valence-corrected chi connectivity index (χ2v) is 5.66. The van der Waals surface area contributed by atoms with E-state index in [1.54, 1.807) is 24.3 Å². The Kier molecular flexibility index (Phi) is 5.11. The number of alkyl halides is 3. The Bertz CT molecular complexity index is 696. The summed E-state index contributed by atoms with van der Waals surface area (Å²) in [4.78, 5) is 11.7. The van der Waals surface area contributed by atoms with Crippen LogP contribution in [0.4, 0.5) is 13.2 Å². The summed E-state index contributed by atoms with van der Waals surface area (Å²) in [7, 11) is 0. The molecule has 0 radical (unpaired) electrons. The monoisotopic (exact) mass is 374 g/mol. The molecule has 6 heteroatoms. The van der Waals surface area contributed by atoms with E-state index in [0.29, 0.717) is 21.7 Å². The lowest BCUT2D eigenvalue weighted by Gasteiger charge is -2.16. The highest BCUT2D eigenvalue weighted by atomic mass is 79.9. The van der Waals surface area contributed by atoms with E-state index in [-0.39, 0.29) is 12.4 Å². The molecule has 118 valence electrons. The molecule has 2 aromatic rings. The number of hydrogen-bond acceptors (Lipinski definition) is 2. The molecule has 0 saturated carbocycles. The van der Waals surface area contributed by atoms with E-state index < -0.39 is 17.5 Å². The highest BCUT2D eigenvalue weighted by Gasteiger charge is 2.41. The minimum Gasteiger partial charge on any atom is -0.492 e. The summed E-state index contributed by atoms with van der Waals surface area (Å²) in [5, 5.41) is 1.19. The van der Waals surface area contributed by atoms with Crippen LogP contribution in [-0.2, 0) is 0 Å². The molecule has 0 bridgehead atoms. The highest BCUT2D eigenvalue weighted by molar-refractivity contribution is 9.10. The third-order valence-electron chi connectivity index (χ3n) is 3.19. The van der Waals surface area contributed by atoms with Crippen molar-refractivity contribution >= 4 is 32.5 Å². The van der Waals surface area contributed by atoms with Gasteiger partial charge in [0.15, 0.2) is 0 Å². The fourth-order valence-electron chi connectivity index (χ4n) is 2.10. The van der Waals surface area contributed by atoms with E-state index in [1.807, 2.05) is 6.92 Å². The zero-order valence-electron chi connectivity index (χ0n) is 11.8. The number of ketones is 1. The molecule has 0 atom stereocenters. The van der Waals surface area contributed by atoms with Crippen LogP contribution in [-0.4, -0.2) is 18.6 Å². The number of hydrogen-bond donors (Lipinski definition) is 0. The van der Waals surface area contributed by atoms with Gasteiger partial charge in [0, 0.05) is 9.86 Å². The molecule has 0 aliphatic carbocycles. The summed E-state index contributed by atoms with van der Waals surface area (Å²) in [5.74, 6) is -1.90. The first kappa shape index (κ1) is 16.8. The van der Waals surface area contributed by atoms with Crippen molar-refractivity contribution in [1.29, 1.82) is 0 Å². The SMILES string of the molecule is CCCCOc1c(C(=O)C(F)(F)F)cc(Br)c2ccccc12. The van der Waals surface area contributed by atoms with Crippen LogP contribution in [0, 0.1) is 0 Å². The van der Waals surface area contributed by atoms with Gasteiger partial charge in [0.1, 0.15) is 5.75 Å². The molecule has 0 heterocycles. The van der Waals surface area contributed by atoms with Crippen molar-refractivity contribution in [2.75, 3.05) is 6.61 Å². The largest absolute Gasteiger partial charge is 0.492 e. The Morgan fingerprint density at radius 1 is 1.23 bits per heavy atom. The minimum atomic E-state index is -4.94. The minimum absolute atomic E-state index is 0.00502. The average molecular weight is 375 g/mol. The normalized spacial score (nSPS) is 11.7. The second-order valence-electron chi connectivity index (χ2n) is 4.81. The topological polar surface area (TPSA) is 26.3 Å². The summed E-state index contributed by atoms with van der Waals surface area (Å²) < 4.78 is 44.4. The van der Waals surface area contributed by atoms with Gasteiger partial charge in [-0.15, -0.1) is 0 Å². The van der Waals surface area contributed by atoms with Crippen molar-refractivity contribution in [2.45, 2.75) is 25.9 Å². The first-order valence-corrected chi connectivity index (χ1v) is 7.61. The van der Waals surface area contributed by atoms with Crippen LogP contribution in [0.3, 0.4) is 0 Å². The van der Waals surface area contributed by atoms with Gasteiger partial charge < -0.3 is 4.74 Å². The Morgan fingerprint density at radius 3 is 2.45 bits per heavy atom. The maximum atomic E-state index is 12.8. The molecule has 2 nitrogen and oxygen atoms in total. The number of carbonyl (C=O) groups excluding carboxylic acids is 1. The lowest BCUT2D eigenvalue weighted by atomic mass is 10.0. The van der Waals surface area contributed by atoms with Gasteiger partial charge in [-0.1, -0.05) is 53.5 Å². The van der Waals surface area contributed by atoms with Crippen LogP contribution in [0.1, 0.15) is 30.1 Å². The number of benzene rings is 2. The quantitative estimate of drug-likeness (QED) is 0.508. The van der Waals surface area contributed by atoms with Gasteiger partial charge in [0.05, 0.1) is 12.2 Å². The number of unbranched alkanes of at least 4 members (excludes halogenated alkanes) is 1. The van der Waals surface area contributed by atoms with Crippen LogP contribution in [0.15, 0.2) is 34.8 Å². The second kappa shape index (κ2) is 6.69. The van der Waals surface area contributed by atoms with Crippen molar-refractivity contribution in [3.63, 3.8) is 0 Å². The fourth-order valence-corrected chi connectivity index (χ4v) is 2.67. The number of halogens is 4. The molecular formula is C16H14BrF3O2. The van der Waals surface area contributed by atoms with Crippen LogP contribution in [0.5, 0.6) is 5.75 Å². The summed E-state index contributed by atoms with van der Waals surface area (Å²) in [5.41, 5.74) is -0.464. The van der Waals surface area contributed by atoms with Crippen molar-refractivity contribution in [3.05, 3.63) is 40.4 Å². The standard InChI is InChI=1S/C16H14BrF3O2/c1-2-3-8-22-14-11-7-5-4-6-10(11)13(17)9-12(14)15(21)16(18,19)20/h4-7,9H,2-3,8H2,1H3. The lowest BCUT2D eigenvalue weighted by Crippen LogP contribution is -2.23. The van der Waals surface area contributed by atoms with Crippen molar-refractivity contribution in [2.24, 2.45) is 0 Å². The van der Waals surface area contributed by atoms with Gasteiger partial charge in [0.2, 0.25) is 0 Å². The first-order chi connectivity index (χ1) is 10.4. The molecule has 2 aromatic carbocycles. The number of rotatable bonds is 5. The van der Waals surface area contributed by atoms with Gasteiger partial charge in [-0.05, 0) is 17.9 Å². The fraction of sp³-hybridized carbons (Fsp3) is 0.312. The maximum absolute atomic E-state index is 12.8. The van der Waals surface area contributed by atoms with Crippen molar-refractivity contribution in [3.8, 4) is 5.75 Å². The number of fused-ring (bicyclic) bond motifs is 1. The van der Waals surface area contributed by atoms with E-state index in [9.17, 15) is 18.0 Å². The van der Waals surface area contributed by atoms with Crippen LogP contribution in [0.25, 0.3) is 10.8 Å². The number of ether oxygens (including phenoxy) is 1. The Hall–Kier alpha value is -1.56. The molecule has 0 aliphatic heterocycles. The predicted octanol–water partition coefficient (Wildman–Crippen LogP) is 5.53. The first-order valence-electron chi connectivity index (χ1n) is 6.81. The third kappa shape index (κ3) is 3.43. The maximum Gasteiger partial charge on any atom is 0.455 e. The van der Waals surface area contributed by atoms with E-state index >= 15 is 0 Å². The van der Waals surface area contributed by atoms with Crippen LogP contribution in [0.2, 0.25) is 0 Å². The zero-order chi connectivity index (χ0) is 16.3. The summed E-state index contributed by atoms with van der Waals surface area (Å²) in [6.45, 7) is 2.21. The molecule has 22 heavy (non-hydrogen) atoms. The molecule has 0 unspecified atom stereocenters. The third-order valence-corrected chi connectivity index (χ3v) is 3.85. The molecule has 0 N–H and O–H groups in total. The van der Waals surface area contributed by atoms with E-state index in [1.165, 1.54) is 6.07 Å². The van der Waals surface area contributed by atoms with Crippen molar-refractivity contribution in [1.82, 2.24) is 0 Å². The summed E-state index contributed by atoms with van der Waals surface area (Å²) in [6.07, 6.45) is -3.40. The molecule has 0 amide bonds. The predicted molar refractivity (Wildman–Crippen MR) is 82.4 cm³/mol. The average Bonchev–Trinajstić information content (AvgIpc) is 2.48. The molecule has 0 saturated heterocycles. The van der Waals surface area contributed by atoms with E-state index in [4.69, 9.17) is 4.74 Å². The van der Waals surface area contributed by atoms with Crippen molar-refractivity contribution < 1.29 is 22.7 Å². The number of carbonyl (C=O) groups is 1. The van der Waals surface area contributed by atoms with E-state index in [2.05, 4.69) is 15.9 Å². The Labute approximate surface area is 134 Å². The molecule has 0 aromatic heterocycles. The molecular weight excluding hydrogens is 361 g/mol. The molecule has 0 aliphatic rings. The lowest BCUT2D eigenvalue weighted by molar-refractivity contribution is -0.0886. The summed E-state index contributed by atoms with van der Waals surface area (Å²) >= 11 is 3.22. The summed E-state index contributed by atoms with van der Waals surface area (Å²) in [6, 6.07) is 8.05. The van der Waals surface area contributed by atoms with Crippen LogP contribution >= 0.6 is 15.9 Å². The Balaban J connectivity index is 2.63.